The lowest BCUT2D eigenvalue weighted by molar-refractivity contribution is 0.187. The first-order valence-electron chi connectivity index (χ1n) is 8.36. The minimum atomic E-state index is -0.490. The van der Waals surface area contributed by atoms with Gasteiger partial charge in [-0.1, -0.05) is 42.5 Å². The molecule has 0 saturated carbocycles. The summed E-state index contributed by atoms with van der Waals surface area (Å²) in [5.74, 6) is 0. The molecule has 3 rings (SSSR count). The van der Waals surface area contributed by atoms with E-state index in [2.05, 4.69) is 27.2 Å². The molecule has 1 amide bonds. The van der Waals surface area contributed by atoms with Crippen molar-refractivity contribution >= 4 is 11.8 Å². The summed E-state index contributed by atoms with van der Waals surface area (Å²) < 4.78 is 4.59. The molecule has 2 aromatic carbocycles. The van der Waals surface area contributed by atoms with Gasteiger partial charge in [0, 0.05) is 11.9 Å². The molecule has 0 spiro atoms. The van der Waals surface area contributed by atoms with Crippen LogP contribution in [0, 0.1) is 0 Å². The summed E-state index contributed by atoms with van der Waals surface area (Å²) in [6.45, 7) is 0. The van der Waals surface area contributed by atoms with Crippen molar-refractivity contribution in [3.05, 3.63) is 84.2 Å². The summed E-state index contributed by atoms with van der Waals surface area (Å²) in [5.41, 5.74) is 11.1. The molecule has 0 saturated heterocycles. The van der Waals surface area contributed by atoms with Crippen molar-refractivity contribution in [1.82, 2.24) is 4.98 Å². The van der Waals surface area contributed by atoms with E-state index in [1.54, 1.807) is 6.20 Å². The SMILES string of the molecule is COC(=O)Nc1ccc(-c2ccnc(C(N)Cc3ccccc3)c2)cc1. The third-order valence-electron chi connectivity index (χ3n) is 4.11. The zero-order valence-electron chi connectivity index (χ0n) is 14.6. The first kappa shape index (κ1) is 17.6. The van der Waals surface area contributed by atoms with Gasteiger partial charge in [-0.05, 0) is 47.4 Å². The molecule has 5 heteroatoms. The van der Waals surface area contributed by atoms with Crippen LogP contribution in [-0.4, -0.2) is 18.2 Å². The van der Waals surface area contributed by atoms with Crippen LogP contribution >= 0.6 is 0 Å². The molecule has 1 unspecified atom stereocenters. The van der Waals surface area contributed by atoms with Gasteiger partial charge in [0.1, 0.15) is 0 Å². The smallest absolute Gasteiger partial charge is 0.411 e. The Morgan fingerprint density at radius 3 is 2.50 bits per heavy atom. The number of anilines is 1. The van der Waals surface area contributed by atoms with Crippen molar-refractivity contribution in [2.45, 2.75) is 12.5 Å². The Balaban J connectivity index is 1.75. The summed E-state index contributed by atoms with van der Waals surface area (Å²) in [7, 11) is 1.33. The summed E-state index contributed by atoms with van der Waals surface area (Å²) in [6.07, 6.45) is 2.02. The van der Waals surface area contributed by atoms with Crippen LogP contribution in [-0.2, 0) is 11.2 Å². The van der Waals surface area contributed by atoms with Crippen LogP contribution in [0.1, 0.15) is 17.3 Å². The number of nitrogens with one attached hydrogen (secondary N) is 1. The number of nitrogens with zero attached hydrogens (tertiary/aromatic N) is 1. The molecule has 0 bridgehead atoms. The maximum absolute atomic E-state index is 11.3. The van der Waals surface area contributed by atoms with E-state index in [-0.39, 0.29) is 6.04 Å². The monoisotopic (exact) mass is 347 g/mol. The quantitative estimate of drug-likeness (QED) is 0.726. The fourth-order valence-electron chi connectivity index (χ4n) is 2.72. The number of pyridine rings is 1. The topological polar surface area (TPSA) is 77.2 Å². The fraction of sp³-hybridized carbons (Fsp3) is 0.143. The lowest BCUT2D eigenvalue weighted by atomic mass is 10.00. The van der Waals surface area contributed by atoms with E-state index in [4.69, 9.17) is 5.73 Å². The molecule has 0 aliphatic rings. The van der Waals surface area contributed by atoms with E-state index in [9.17, 15) is 4.79 Å². The highest BCUT2D eigenvalue weighted by Crippen LogP contribution is 2.24. The second-order valence-corrected chi connectivity index (χ2v) is 5.96. The van der Waals surface area contributed by atoms with Crippen LogP contribution < -0.4 is 11.1 Å². The molecule has 132 valence electrons. The number of nitrogens with two attached hydrogens (primary N) is 1. The zero-order valence-corrected chi connectivity index (χ0v) is 14.6. The largest absolute Gasteiger partial charge is 0.453 e. The van der Waals surface area contributed by atoms with Crippen molar-refractivity contribution in [2.24, 2.45) is 5.73 Å². The van der Waals surface area contributed by atoms with Crippen LogP contribution in [0.15, 0.2) is 72.9 Å². The summed E-state index contributed by atoms with van der Waals surface area (Å²) in [6, 6.07) is 21.5. The lowest BCUT2D eigenvalue weighted by Gasteiger charge is -2.13. The highest BCUT2D eigenvalue weighted by molar-refractivity contribution is 5.85. The molecular formula is C21H21N3O2. The van der Waals surface area contributed by atoms with Gasteiger partial charge in [0.05, 0.1) is 18.8 Å². The molecule has 0 radical (unpaired) electrons. The minimum Gasteiger partial charge on any atom is -0.453 e. The second kappa shape index (κ2) is 8.27. The average Bonchev–Trinajstić information content (AvgIpc) is 2.69. The van der Waals surface area contributed by atoms with Gasteiger partial charge in [-0.3, -0.25) is 10.3 Å². The number of carbonyl (C=O) groups excluding carboxylic acids is 1. The van der Waals surface area contributed by atoms with Crippen molar-refractivity contribution in [3.63, 3.8) is 0 Å². The minimum absolute atomic E-state index is 0.169. The summed E-state index contributed by atoms with van der Waals surface area (Å²) >= 11 is 0. The molecule has 1 atom stereocenters. The van der Waals surface area contributed by atoms with Gasteiger partial charge in [0.15, 0.2) is 0 Å². The van der Waals surface area contributed by atoms with Gasteiger partial charge in [-0.15, -0.1) is 0 Å². The number of benzene rings is 2. The van der Waals surface area contributed by atoms with Crippen LogP contribution in [0.4, 0.5) is 10.5 Å². The van der Waals surface area contributed by atoms with Gasteiger partial charge in [-0.25, -0.2) is 4.79 Å². The second-order valence-electron chi connectivity index (χ2n) is 5.96. The third kappa shape index (κ3) is 4.46. The first-order chi connectivity index (χ1) is 12.7. The van der Waals surface area contributed by atoms with Crippen LogP contribution in [0.5, 0.6) is 0 Å². The number of carbonyl (C=O) groups is 1. The van der Waals surface area contributed by atoms with Crippen molar-refractivity contribution < 1.29 is 9.53 Å². The van der Waals surface area contributed by atoms with Gasteiger partial charge in [0.25, 0.3) is 0 Å². The number of methoxy groups -OCH3 is 1. The molecule has 3 aromatic rings. The molecule has 1 aromatic heterocycles. The number of hydrogen-bond acceptors (Lipinski definition) is 4. The highest BCUT2D eigenvalue weighted by atomic mass is 16.5. The number of rotatable bonds is 5. The van der Waals surface area contributed by atoms with Gasteiger partial charge < -0.3 is 10.5 Å². The summed E-state index contributed by atoms with van der Waals surface area (Å²) in [5, 5.41) is 2.63. The highest BCUT2D eigenvalue weighted by Gasteiger charge is 2.10. The average molecular weight is 347 g/mol. The Bertz CT molecular complexity index is 864. The molecule has 3 N–H and O–H groups in total. The molecule has 26 heavy (non-hydrogen) atoms. The Morgan fingerprint density at radius 1 is 1.08 bits per heavy atom. The lowest BCUT2D eigenvalue weighted by Crippen LogP contribution is -2.14. The number of amides is 1. The van der Waals surface area contributed by atoms with Crippen LogP contribution in [0.25, 0.3) is 11.1 Å². The Hall–Kier alpha value is -3.18. The van der Waals surface area contributed by atoms with Crippen molar-refractivity contribution in [2.75, 3.05) is 12.4 Å². The van der Waals surface area contributed by atoms with Gasteiger partial charge in [0.2, 0.25) is 0 Å². The molecule has 5 nitrogen and oxygen atoms in total. The Morgan fingerprint density at radius 2 is 1.81 bits per heavy atom. The first-order valence-corrected chi connectivity index (χ1v) is 8.36. The van der Waals surface area contributed by atoms with E-state index in [1.165, 1.54) is 12.7 Å². The van der Waals surface area contributed by atoms with Crippen molar-refractivity contribution in [3.8, 4) is 11.1 Å². The summed E-state index contributed by atoms with van der Waals surface area (Å²) in [4.78, 5) is 15.7. The Labute approximate surface area is 152 Å². The molecule has 0 fully saturated rings. The van der Waals surface area contributed by atoms with E-state index in [0.29, 0.717) is 5.69 Å². The van der Waals surface area contributed by atoms with E-state index in [1.807, 2.05) is 54.6 Å². The molecule has 1 heterocycles. The molecule has 0 aliphatic heterocycles. The maximum atomic E-state index is 11.3. The Kier molecular flexibility index (Phi) is 5.61. The van der Waals surface area contributed by atoms with Crippen molar-refractivity contribution in [1.29, 1.82) is 0 Å². The van der Waals surface area contributed by atoms with Gasteiger partial charge >= 0.3 is 6.09 Å². The maximum Gasteiger partial charge on any atom is 0.411 e. The normalized spacial score (nSPS) is 11.6. The fourth-order valence-corrected chi connectivity index (χ4v) is 2.72. The predicted octanol–water partition coefficient (Wildman–Crippen LogP) is 4.17. The predicted molar refractivity (Wildman–Crippen MR) is 103 cm³/mol. The van der Waals surface area contributed by atoms with E-state index < -0.39 is 6.09 Å². The van der Waals surface area contributed by atoms with Crippen LogP contribution in [0.3, 0.4) is 0 Å². The zero-order chi connectivity index (χ0) is 18.4. The molecular weight excluding hydrogens is 326 g/mol. The van der Waals surface area contributed by atoms with Gasteiger partial charge in [-0.2, -0.15) is 0 Å². The standard InChI is InChI=1S/C21H21N3O2/c1-26-21(25)24-18-9-7-16(8-10-18)17-11-12-23-20(14-17)19(22)13-15-5-3-2-4-6-15/h2-12,14,19H,13,22H2,1H3,(H,24,25). The number of ether oxygens (including phenoxy) is 1. The number of aromatic nitrogens is 1. The van der Waals surface area contributed by atoms with Crippen LogP contribution in [0.2, 0.25) is 0 Å². The van der Waals surface area contributed by atoms with E-state index in [0.717, 1.165) is 23.2 Å². The number of hydrogen-bond donors (Lipinski definition) is 2. The van der Waals surface area contributed by atoms with E-state index >= 15 is 0 Å². The third-order valence-corrected chi connectivity index (χ3v) is 4.11. The molecule has 0 aliphatic carbocycles.